The number of allylic oxidation sites excluding steroid dienone is 2. The van der Waals surface area contributed by atoms with Crippen molar-refractivity contribution in [2.24, 2.45) is 29.6 Å². The topological polar surface area (TPSA) is 219 Å². The van der Waals surface area contributed by atoms with E-state index >= 15 is 0 Å². The maximum atomic E-state index is 14.3. The van der Waals surface area contributed by atoms with Crippen LogP contribution in [0.3, 0.4) is 0 Å². The lowest BCUT2D eigenvalue weighted by molar-refractivity contribution is -0.126. The molecule has 2 heterocycles. The molecule has 3 aromatic carbocycles. The van der Waals surface area contributed by atoms with Crippen molar-refractivity contribution >= 4 is 46.9 Å². The lowest BCUT2D eigenvalue weighted by Gasteiger charge is -2.44. The van der Waals surface area contributed by atoms with Crippen LogP contribution in [0.2, 0.25) is 0 Å². The highest BCUT2D eigenvalue weighted by molar-refractivity contribution is 6.24. The van der Waals surface area contributed by atoms with Crippen LogP contribution in [-0.4, -0.2) is 68.2 Å². The fourth-order valence-electron chi connectivity index (χ4n) is 8.12. The molecule has 0 aromatic heterocycles. The number of amides is 4. The first-order chi connectivity index (χ1) is 23.3. The predicted octanol–water partition coefficient (Wildman–Crippen LogP) is 3.25. The van der Waals surface area contributed by atoms with Gasteiger partial charge in [-0.2, -0.15) is 0 Å². The SMILES string of the molecule is COc1cccc(O)c1[C@H]1C2=CC[C@@H]3C(=O)N(c4ccc(C(=O)O)c(O)c4)C(=O)[C@@H]3[C@@H]2C[C@H]2C(=O)N(c3ccc(C(=O)O)c(O)c3)C(=O)[C@@H]12. The van der Waals surface area contributed by atoms with E-state index in [0.29, 0.717) is 5.57 Å². The van der Waals surface area contributed by atoms with E-state index in [4.69, 9.17) is 4.74 Å². The van der Waals surface area contributed by atoms with Crippen LogP contribution >= 0.6 is 0 Å². The predicted molar refractivity (Wildman–Crippen MR) is 167 cm³/mol. The van der Waals surface area contributed by atoms with E-state index in [2.05, 4.69) is 0 Å². The van der Waals surface area contributed by atoms with E-state index < -0.39 is 93.7 Å². The fraction of sp³-hybridized carbons (Fsp3) is 0.257. The van der Waals surface area contributed by atoms with Gasteiger partial charge in [0.05, 0.1) is 42.2 Å². The second kappa shape index (κ2) is 11.2. The van der Waals surface area contributed by atoms with Gasteiger partial charge in [0.1, 0.15) is 34.1 Å². The Labute approximate surface area is 277 Å². The molecule has 14 nitrogen and oxygen atoms in total. The van der Waals surface area contributed by atoms with Gasteiger partial charge in [-0.3, -0.25) is 19.2 Å². The standard InChI is InChI=1S/C35H28N2O12/c1-49-25-4-2-3-22(38)29(25)27-16-9-10-19-26(32(43)36(30(19)41)14-5-7-17(34(45)46)23(39)11-14)20(16)13-21-28(27)33(44)37(31(21)42)15-6-8-18(35(47)48)24(40)12-15/h2-9,11-12,19-21,26-28,38-40H,10,13H2,1H3,(H,45,46)(H,47,48)/t19-,20+,21+,26-,27-,28+/m0/s1. The van der Waals surface area contributed by atoms with Crippen molar-refractivity contribution in [3.05, 3.63) is 82.9 Å². The van der Waals surface area contributed by atoms with Crippen LogP contribution in [0.15, 0.2) is 66.2 Å². The lowest BCUT2D eigenvalue weighted by atomic mass is 9.57. The number of hydrogen-bond acceptors (Lipinski definition) is 10. The molecule has 0 bridgehead atoms. The van der Waals surface area contributed by atoms with Crippen molar-refractivity contribution < 1.29 is 59.0 Å². The van der Waals surface area contributed by atoms with Gasteiger partial charge in [0, 0.05) is 23.6 Å². The van der Waals surface area contributed by atoms with Crippen molar-refractivity contribution in [2.45, 2.75) is 18.8 Å². The zero-order valence-corrected chi connectivity index (χ0v) is 25.6. The Kier molecular flexibility index (Phi) is 7.19. The Morgan fingerprint density at radius 3 is 1.78 bits per heavy atom. The molecule has 5 N–H and O–H groups in total. The Balaban J connectivity index is 1.34. The van der Waals surface area contributed by atoms with Gasteiger partial charge in [0.2, 0.25) is 23.6 Å². The Morgan fingerprint density at radius 2 is 1.24 bits per heavy atom. The minimum Gasteiger partial charge on any atom is -0.508 e. The number of carbonyl (C=O) groups excluding carboxylic acids is 4. The number of phenols is 3. The van der Waals surface area contributed by atoms with Crippen LogP contribution in [-0.2, 0) is 19.2 Å². The molecule has 0 unspecified atom stereocenters. The number of ether oxygens (including phenoxy) is 1. The van der Waals surface area contributed by atoms with Gasteiger partial charge >= 0.3 is 11.9 Å². The number of anilines is 2. The molecule has 2 aliphatic heterocycles. The van der Waals surface area contributed by atoms with E-state index in [0.717, 1.165) is 34.1 Å². The first-order valence-corrected chi connectivity index (χ1v) is 15.3. The summed E-state index contributed by atoms with van der Waals surface area (Å²) >= 11 is 0. The minimum atomic E-state index is -1.41. The molecule has 0 radical (unpaired) electrons. The molecule has 4 amide bonds. The maximum absolute atomic E-state index is 14.3. The molecule has 2 saturated heterocycles. The average molecular weight is 669 g/mol. The summed E-state index contributed by atoms with van der Waals surface area (Å²) in [4.78, 5) is 81.1. The van der Waals surface area contributed by atoms with Crippen LogP contribution < -0.4 is 14.5 Å². The quantitative estimate of drug-likeness (QED) is 0.189. The summed E-state index contributed by atoms with van der Waals surface area (Å²) in [6.45, 7) is 0. The smallest absolute Gasteiger partial charge is 0.339 e. The summed E-state index contributed by atoms with van der Waals surface area (Å²) < 4.78 is 5.59. The second-order valence-corrected chi connectivity index (χ2v) is 12.5. The molecular weight excluding hydrogens is 640 g/mol. The number of carboxylic acid groups (broad SMARTS) is 2. The molecule has 1 saturated carbocycles. The van der Waals surface area contributed by atoms with E-state index in [1.54, 1.807) is 18.2 Å². The summed E-state index contributed by atoms with van der Waals surface area (Å²) in [6, 6.07) is 11.2. The largest absolute Gasteiger partial charge is 0.508 e. The van der Waals surface area contributed by atoms with Gasteiger partial charge in [-0.1, -0.05) is 17.7 Å². The molecule has 6 atom stereocenters. The molecule has 4 aliphatic rings. The average Bonchev–Trinajstić information content (AvgIpc) is 3.46. The van der Waals surface area contributed by atoms with Crippen LogP contribution in [0.5, 0.6) is 23.0 Å². The molecule has 0 spiro atoms. The van der Waals surface area contributed by atoms with Crippen molar-refractivity contribution in [3.8, 4) is 23.0 Å². The molecule has 3 fully saturated rings. The third kappa shape index (κ3) is 4.54. The van der Waals surface area contributed by atoms with Gasteiger partial charge in [-0.25, -0.2) is 19.4 Å². The van der Waals surface area contributed by atoms with Crippen LogP contribution in [0, 0.1) is 29.6 Å². The van der Waals surface area contributed by atoms with Crippen molar-refractivity contribution in [3.63, 3.8) is 0 Å². The van der Waals surface area contributed by atoms with Crippen LogP contribution in [0.25, 0.3) is 0 Å². The monoisotopic (exact) mass is 668 g/mol. The number of carboxylic acids is 2. The van der Waals surface area contributed by atoms with E-state index in [9.17, 15) is 54.3 Å². The summed E-state index contributed by atoms with van der Waals surface area (Å²) in [6.07, 6.45) is 1.81. The minimum absolute atomic E-state index is 0.0241. The van der Waals surface area contributed by atoms with Gasteiger partial charge in [0.25, 0.3) is 0 Å². The van der Waals surface area contributed by atoms with Crippen LogP contribution in [0.4, 0.5) is 11.4 Å². The third-order valence-electron chi connectivity index (χ3n) is 10.2. The third-order valence-corrected chi connectivity index (χ3v) is 10.2. The highest BCUT2D eigenvalue weighted by Gasteiger charge is 2.63. The number of phenolic OH excluding ortho intramolecular Hbond substituents is 1. The summed E-state index contributed by atoms with van der Waals surface area (Å²) in [5, 5.41) is 50.6. The molecule has 14 heteroatoms. The number of methoxy groups -OCH3 is 1. The second-order valence-electron chi connectivity index (χ2n) is 12.5. The Hall–Kier alpha value is -6.18. The lowest BCUT2D eigenvalue weighted by Crippen LogP contribution is -2.43. The Morgan fingerprint density at radius 1 is 0.694 bits per heavy atom. The normalized spacial score (nSPS) is 25.9. The number of imide groups is 2. The van der Waals surface area contributed by atoms with Gasteiger partial charge in [-0.05, 0) is 55.2 Å². The number of rotatable bonds is 6. The van der Waals surface area contributed by atoms with Crippen molar-refractivity contribution in [1.82, 2.24) is 0 Å². The number of hydrogen-bond donors (Lipinski definition) is 5. The Bertz CT molecular complexity index is 2050. The fourth-order valence-corrected chi connectivity index (χ4v) is 8.12. The van der Waals surface area contributed by atoms with Crippen molar-refractivity contribution in [2.75, 3.05) is 16.9 Å². The number of fused-ring (bicyclic) bond motifs is 4. The molecule has 7 rings (SSSR count). The molecule has 49 heavy (non-hydrogen) atoms. The summed E-state index contributed by atoms with van der Waals surface area (Å²) in [5.41, 5.74) is -0.164. The first kappa shape index (κ1) is 31.4. The number of carbonyl (C=O) groups is 6. The molecular formula is C35H28N2O12. The number of aromatic hydroxyl groups is 3. The first-order valence-electron chi connectivity index (χ1n) is 15.3. The maximum Gasteiger partial charge on any atom is 0.339 e. The van der Waals surface area contributed by atoms with E-state index in [1.807, 2.05) is 0 Å². The number of aromatic carboxylic acids is 2. The number of nitrogens with zero attached hydrogens (tertiary/aromatic N) is 2. The summed E-state index contributed by atoms with van der Waals surface area (Å²) in [7, 11) is 1.38. The van der Waals surface area contributed by atoms with Gasteiger partial charge in [0.15, 0.2) is 0 Å². The van der Waals surface area contributed by atoms with E-state index in [-0.39, 0.29) is 41.3 Å². The van der Waals surface area contributed by atoms with Gasteiger partial charge in [-0.15, -0.1) is 0 Å². The van der Waals surface area contributed by atoms with E-state index in [1.165, 1.54) is 25.3 Å². The zero-order valence-electron chi connectivity index (χ0n) is 25.6. The van der Waals surface area contributed by atoms with Crippen molar-refractivity contribution in [1.29, 1.82) is 0 Å². The summed E-state index contributed by atoms with van der Waals surface area (Å²) in [5.74, 6) is -12.4. The zero-order chi connectivity index (χ0) is 35.0. The van der Waals surface area contributed by atoms with Crippen LogP contribution in [0.1, 0.15) is 45.0 Å². The highest BCUT2D eigenvalue weighted by Crippen LogP contribution is 2.60. The van der Waals surface area contributed by atoms with Gasteiger partial charge < -0.3 is 30.3 Å². The molecule has 2 aliphatic carbocycles. The highest BCUT2D eigenvalue weighted by atomic mass is 16.5. The molecule has 250 valence electrons. The molecule has 3 aromatic rings. The number of benzene rings is 3.